The number of benzene rings is 6. The maximum atomic E-state index is 2.58. The fourth-order valence-electron chi connectivity index (χ4n) is 11.7. The lowest BCUT2D eigenvalue weighted by molar-refractivity contribution is -0.0407. The van der Waals surface area contributed by atoms with Crippen LogP contribution in [-0.2, 0) is 5.41 Å². The molecule has 1 heteroatoms. The summed E-state index contributed by atoms with van der Waals surface area (Å²) in [6.07, 6.45) is 14.6. The minimum atomic E-state index is 0.207. The summed E-state index contributed by atoms with van der Waals surface area (Å²) in [4.78, 5) is 2.55. The molecule has 4 bridgehead atoms. The molecule has 0 amide bonds. The number of rotatable bonds is 4. The second-order valence-electron chi connectivity index (χ2n) is 15.6. The summed E-state index contributed by atoms with van der Waals surface area (Å²) in [5, 5.41) is 5.21. The Morgan fingerprint density at radius 1 is 0.551 bits per heavy atom. The first-order valence-electron chi connectivity index (χ1n) is 18.7. The summed E-state index contributed by atoms with van der Waals surface area (Å²) >= 11 is 0. The Hall–Kier alpha value is -4.88. The van der Waals surface area contributed by atoms with Gasteiger partial charge in [-0.05, 0) is 154 Å². The number of nitrogens with zero attached hydrogens (tertiary/aromatic N) is 1. The normalized spacial score (nSPS) is 26.1. The zero-order valence-corrected chi connectivity index (χ0v) is 28.0. The van der Waals surface area contributed by atoms with Crippen LogP contribution in [0.4, 0.5) is 17.1 Å². The van der Waals surface area contributed by atoms with Crippen LogP contribution in [0.3, 0.4) is 0 Å². The largest absolute Gasteiger partial charge is 0.310 e. The van der Waals surface area contributed by atoms with E-state index in [2.05, 4.69) is 144 Å². The summed E-state index contributed by atoms with van der Waals surface area (Å²) in [6.45, 7) is 0. The van der Waals surface area contributed by atoms with Gasteiger partial charge in [-0.3, -0.25) is 0 Å². The minimum absolute atomic E-state index is 0.207. The van der Waals surface area contributed by atoms with Gasteiger partial charge in [0.2, 0.25) is 0 Å². The van der Waals surface area contributed by atoms with Gasteiger partial charge in [0.05, 0.1) is 5.69 Å². The van der Waals surface area contributed by atoms with Crippen molar-refractivity contribution in [3.05, 3.63) is 156 Å². The van der Waals surface area contributed by atoms with Crippen molar-refractivity contribution in [3.63, 3.8) is 0 Å². The fourth-order valence-corrected chi connectivity index (χ4v) is 11.7. The van der Waals surface area contributed by atoms with Gasteiger partial charge in [-0.1, -0.05) is 103 Å². The molecular formula is C48H41N. The molecule has 12 rings (SSSR count). The monoisotopic (exact) mass is 631 g/mol. The quantitative estimate of drug-likeness (QED) is 0.175. The van der Waals surface area contributed by atoms with Crippen molar-refractivity contribution >= 4 is 44.2 Å². The second-order valence-corrected chi connectivity index (χ2v) is 15.6. The van der Waals surface area contributed by atoms with Crippen molar-refractivity contribution in [2.75, 3.05) is 4.90 Å². The third kappa shape index (κ3) is 3.99. The fraction of sp³-hybridized carbons (Fsp3) is 0.250. The summed E-state index contributed by atoms with van der Waals surface area (Å²) in [7, 11) is 0. The first-order chi connectivity index (χ1) is 24.3. The van der Waals surface area contributed by atoms with Crippen LogP contribution in [0.5, 0.6) is 0 Å². The van der Waals surface area contributed by atoms with E-state index in [1.165, 1.54) is 81.8 Å². The van der Waals surface area contributed by atoms with Crippen LogP contribution in [0.2, 0.25) is 0 Å². The van der Waals surface area contributed by atoms with Crippen LogP contribution in [0.15, 0.2) is 145 Å². The molecular weight excluding hydrogens is 591 g/mol. The Morgan fingerprint density at radius 3 is 2.06 bits per heavy atom. The molecule has 1 spiro atoms. The van der Waals surface area contributed by atoms with Crippen LogP contribution in [-0.4, -0.2) is 0 Å². The van der Waals surface area contributed by atoms with E-state index in [-0.39, 0.29) is 5.41 Å². The molecule has 0 unspecified atom stereocenters. The molecule has 1 nitrogen and oxygen atoms in total. The van der Waals surface area contributed by atoms with E-state index in [0.29, 0.717) is 0 Å². The van der Waals surface area contributed by atoms with Crippen LogP contribution in [0, 0.1) is 23.7 Å². The molecule has 4 fully saturated rings. The smallest absolute Gasteiger partial charge is 0.0539 e. The van der Waals surface area contributed by atoms with Gasteiger partial charge in [-0.25, -0.2) is 0 Å². The van der Waals surface area contributed by atoms with Crippen LogP contribution in [0.25, 0.3) is 38.2 Å². The molecule has 6 aliphatic rings. The topological polar surface area (TPSA) is 3.24 Å². The number of para-hydroxylation sites is 1. The Morgan fingerprint density at radius 2 is 1.24 bits per heavy atom. The highest BCUT2D eigenvalue weighted by Crippen LogP contribution is 2.70. The average Bonchev–Trinajstić information content (AvgIpc) is 3.45. The summed E-state index contributed by atoms with van der Waals surface area (Å²) in [5.74, 6) is 3.49. The maximum absolute atomic E-state index is 2.58. The van der Waals surface area contributed by atoms with Crippen LogP contribution < -0.4 is 4.90 Å². The Bertz CT molecular complexity index is 2310. The number of anilines is 3. The molecule has 4 saturated carbocycles. The third-order valence-electron chi connectivity index (χ3n) is 13.3. The first kappa shape index (κ1) is 28.0. The zero-order chi connectivity index (χ0) is 32.1. The molecule has 49 heavy (non-hydrogen) atoms. The van der Waals surface area contributed by atoms with Crippen LogP contribution in [0.1, 0.15) is 56.1 Å². The lowest BCUT2D eigenvalue weighted by atomic mass is 9.42. The molecule has 6 aromatic carbocycles. The molecule has 0 atom stereocenters. The van der Waals surface area contributed by atoms with E-state index in [9.17, 15) is 0 Å². The van der Waals surface area contributed by atoms with E-state index in [1.54, 1.807) is 22.3 Å². The Balaban J connectivity index is 1.05. The molecule has 6 aliphatic carbocycles. The molecule has 0 aliphatic heterocycles. The van der Waals surface area contributed by atoms with E-state index >= 15 is 0 Å². The van der Waals surface area contributed by atoms with Crippen molar-refractivity contribution < 1.29 is 0 Å². The van der Waals surface area contributed by atoms with Gasteiger partial charge in [-0.15, -0.1) is 0 Å². The van der Waals surface area contributed by atoms with E-state index < -0.39 is 0 Å². The predicted octanol–water partition coefficient (Wildman–Crippen LogP) is 12.9. The molecule has 0 saturated heterocycles. The Kier molecular flexibility index (Phi) is 6.03. The standard InChI is InChI=1S/C48H41N/c1-2-10-39(11-3-1)49(40-22-19-33(20-23-40)35-21-24-42-36(30-35)18-17-34-9-4-5-12-41(34)42)46-16-8-15-45-47(46)43-13-6-7-14-44(43)48(45)37-26-31-25-32(28-37)29-38(48)27-31/h1-5,7-12,14-24,30-32,37-38H,6,13,25-29H2. The van der Waals surface area contributed by atoms with Gasteiger partial charge < -0.3 is 4.90 Å². The maximum Gasteiger partial charge on any atom is 0.0539 e. The SMILES string of the molecule is C1=CC2=C(CC1)c1c(N(c3ccccc3)c3ccc(-c4ccc5c(ccc6ccccc65)c4)cc3)cccc1C21C2CC3CC(C2)CC1C3. The molecule has 0 radical (unpaired) electrons. The highest BCUT2D eigenvalue weighted by atomic mass is 15.1. The number of fused-ring (bicyclic) bond motifs is 5. The number of allylic oxidation sites excluding steroid dienone is 4. The first-order valence-corrected chi connectivity index (χ1v) is 18.7. The van der Waals surface area contributed by atoms with Crippen molar-refractivity contribution in [1.82, 2.24) is 0 Å². The highest BCUT2D eigenvalue weighted by molar-refractivity contribution is 6.08. The third-order valence-corrected chi connectivity index (χ3v) is 13.3. The van der Waals surface area contributed by atoms with E-state index in [0.717, 1.165) is 36.5 Å². The minimum Gasteiger partial charge on any atom is -0.310 e. The highest BCUT2D eigenvalue weighted by Gasteiger charge is 2.62. The molecule has 0 N–H and O–H groups in total. The van der Waals surface area contributed by atoms with Gasteiger partial charge in [-0.2, -0.15) is 0 Å². The summed E-state index contributed by atoms with van der Waals surface area (Å²) in [6, 6.07) is 47.9. The van der Waals surface area contributed by atoms with E-state index in [4.69, 9.17) is 0 Å². The second kappa shape index (κ2) is 10.6. The molecule has 238 valence electrons. The van der Waals surface area contributed by atoms with Gasteiger partial charge in [0.15, 0.2) is 0 Å². The predicted molar refractivity (Wildman–Crippen MR) is 206 cm³/mol. The number of hydrogen-bond donors (Lipinski definition) is 0. The summed E-state index contributed by atoms with van der Waals surface area (Å²) < 4.78 is 0. The van der Waals surface area contributed by atoms with Crippen LogP contribution >= 0.6 is 0 Å². The van der Waals surface area contributed by atoms with E-state index in [1.807, 2.05) is 0 Å². The lowest BCUT2D eigenvalue weighted by Gasteiger charge is -2.61. The molecule has 0 heterocycles. The molecule has 0 aromatic heterocycles. The van der Waals surface area contributed by atoms with Gasteiger partial charge in [0.1, 0.15) is 0 Å². The number of hydrogen-bond acceptors (Lipinski definition) is 1. The van der Waals surface area contributed by atoms with Crippen molar-refractivity contribution in [1.29, 1.82) is 0 Å². The van der Waals surface area contributed by atoms with Crippen molar-refractivity contribution in [2.24, 2.45) is 23.7 Å². The summed E-state index contributed by atoms with van der Waals surface area (Å²) in [5.41, 5.74) is 13.0. The molecule has 6 aromatic rings. The van der Waals surface area contributed by atoms with Gasteiger partial charge in [0, 0.05) is 22.4 Å². The lowest BCUT2D eigenvalue weighted by Crippen LogP contribution is -2.55. The van der Waals surface area contributed by atoms with Crippen molar-refractivity contribution in [2.45, 2.75) is 50.4 Å². The zero-order valence-electron chi connectivity index (χ0n) is 28.0. The average molecular weight is 632 g/mol. The Labute approximate surface area is 289 Å². The van der Waals surface area contributed by atoms with Gasteiger partial charge in [0.25, 0.3) is 0 Å². The van der Waals surface area contributed by atoms with Crippen molar-refractivity contribution in [3.8, 4) is 11.1 Å². The van der Waals surface area contributed by atoms with Gasteiger partial charge >= 0.3 is 0 Å².